The molecule has 1 amide bonds. The Kier molecular flexibility index (Phi) is 4.59. The van der Waals surface area contributed by atoms with Crippen LogP contribution in [0.15, 0.2) is 18.3 Å². The number of fused-ring (bicyclic) bond motifs is 1. The lowest BCUT2D eigenvalue weighted by Crippen LogP contribution is -2.39. The molecule has 4 rings (SSSR count). The Morgan fingerprint density at radius 3 is 2.79 bits per heavy atom. The van der Waals surface area contributed by atoms with Gasteiger partial charge in [0.25, 0.3) is 5.91 Å². The average Bonchev–Trinajstić information content (AvgIpc) is 3.37. The minimum absolute atomic E-state index is 0.0463. The summed E-state index contributed by atoms with van der Waals surface area (Å²) in [6, 6.07) is 1.06. The molecule has 0 unspecified atom stereocenters. The van der Waals surface area contributed by atoms with Crippen LogP contribution in [0, 0.1) is 0 Å². The largest absolute Gasteiger partial charge is 0.410 e. The van der Waals surface area contributed by atoms with Crippen molar-refractivity contribution in [2.45, 2.75) is 56.9 Å². The minimum Gasteiger partial charge on any atom is -0.367 e. The summed E-state index contributed by atoms with van der Waals surface area (Å²) in [6.07, 6.45) is -0.679. The number of carbonyl (C=O) groups is 1. The van der Waals surface area contributed by atoms with Crippen LogP contribution in [0.3, 0.4) is 0 Å². The molecule has 2 aromatic heterocycles. The molecule has 0 saturated carbocycles. The zero-order chi connectivity index (χ0) is 20.1. The van der Waals surface area contributed by atoms with E-state index in [0.29, 0.717) is 36.6 Å². The molecular formula is C18H23F3N6O. The number of anilines is 1. The average molecular weight is 396 g/mol. The topological polar surface area (TPSA) is 68.0 Å². The Hall–Kier alpha value is -2.52. The van der Waals surface area contributed by atoms with E-state index in [1.807, 2.05) is 6.92 Å². The maximum Gasteiger partial charge on any atom is 0.410 e. The summed E-state index contributed by atoms with van der Waals surface area (Å²) in [5.41, 5.74) is 0.825. The van der Waals surface area contributed by atoms with E-state index >= 15 is 0 Å². The zero-order valence-corrected chi connectivity index (χ0v) is 15.8. The highest BCUT2D eigenvalue weighted by Gasteiger charge is 2.46. The standard InChI is InChI=1S/C18H23F3N6O/c1-3-11-9-15(18(19,20)21)27-16(22-11)10-13(24-27)14-5-4-7-26(14)17(28)12-6-8-25(2)23-12/h6,8,10-11,14-15,22H,3-5,7,9H2,1-2H3/t11-,14-,15-/m1/s1. The third-order valence-electron chi connectivity index (χ3n) is 5.57. The number of aryl methyl sites for hydroxylation is 1. The van der Waals surface area contributed by atoms with Gasteiger partial charge in [-0.15, -0.1) is 0 Å². The van der Waals surface area contributed by atoms with Gasteiger partial charge in [-0.1, -0.05) is 6.92 Å². The normalized spacial score (nSPS) is 24.9. The Bertz CT molecular complexity index is 873. The first-order valence-corrected chi connectivity index (χ1v) is 9.51. The molecule has 1 saturated heterocycles. The van der Waals surface area contributed by atoms with Crippen LogP contribution < -0.4 is 5.32 Å². The fourth-order valence-corrected chi connectivity index (χ4v) is 4.09. The molecule has 0 aliphatic carbocycles. The van der Waals surface area contributed by atoms with Crippen LogP contribution >= 0.6 is 0 Å². The second kappa shape index (κ2) is 6.82. The molecule has 2 aromatic rings. The van der Waals surface area contributed by atoms with Crippen LogP contribution in [0.1, 0.15) is 60.9 Å². The Balaban J connectivity index is 1.64. The molecular weight excluding hydrogens is 373 g/mol. The molecule has 1 fully saturated rings. The summed E-state index contributed by atoms with van der Waals surface area (Å²) >= 11 is 0. The van der Waals surface area contributed by atoms with Crippen LogP contribution in [-0.2, 0) is 7.05 Å². The second-order valence-corrected chi connectivity index (χ2v) is 7.47. The predicted molar refractivity (Wildman–Crippen MR) is 95.9 cm³/mol. The van der Waals surface area contributed by atoms with E-state index in [2.05, 4.69) is 15.5 Å². The van der Waals surface area contributed by atoms with Crippen molar-refractivity contribution in [1.82, 2.24) is 24.5 Å². The van der Waals surface area contributed by atoms with Crippen LogP contribution in [0.25, 0.3) is 0 Å². The van der Waals surface area contributed by atoms with Crippen molar-refractivity contribution < 1.29 is 18.0 Å². The van der Waals surface area contributed by atoms with Crippen molar-refractivity contribution in [3.8, 4) is 0 Å². The fourth-order valence-electron chi connectivity index (χ4n) is 4.09. The first-order chi connectivity index (χ1) is 13.3. The Morgan fingerprint density at radius 2 is 2.14 bits per heavy atom. The minimum atomic E-state index is -4.37. The quantitative estimate of drug-likeness (QED) is 0.865. The zero-order valence-electron chi connectivity index (χ0n) is 15.8. The van der Waals surface area contributed by atoms with Gasteiger partial charge in [0.15, 0.2) is 6.04 Å². The monoisotopic (exact) mass is 396 g/mol. The maximum atomic E-state index is 13.6. The molecule has 10 heteroatoms. The summed E-state index contributed by atoms with van der Waals surface area (Å²) in [5, 5.41) is 11.6. The van der Waals surface area contributed by atoms with Crippen molar-refractivity contribution in [2.75, 3.05) is 11.9 Å². The number of carbonyl (C=O) groups excluding carboxylic acids is 1. The van der Waals surface area contributed by atoms with E-state index in [1.165, 1.54) is 0 Å². The van der Waals surface area contributed by atoms with Crippen LogP contribution in [0.4, 0.5) is 19.0 Å². The van der Waals surface area contributed by atoms with E-state index in [4.69, 9.17) is 0 Å². The summed E-state index contributed by atoms with van der Waals surface area (Å²) < 4.78 is 43.3. The van der Waals surface area contributed by atoms with E-state index in [-0.39, 0.29) is 24.4 Å². The smallest absolute Gasteiger partial charge is 0.367 e. The van der Waals surface area contributed by atoms with E-state index in [9.17, 15) is 18.0 Å². The number of hydrogen-bond acceptors (Lipinski definition) is 4. The molecule has 7 nitrogen and oxygen atoms in total. The van der Waals surface area contributed by atoms with E-state index in [0.717, 1.165) is 11.1 Å². The van der Waals surface area contributed by atoms with Crippen molar-refractivity contribution >= 4 is 11.7 Å². The number of amides is 1. The molecule has 0 aromatic carbocycles. The van der Waals surface area contributed by atoms with Crippen molar-refractivity contribution in [2.24, 2.45) is 7.05 Å². The van der Waals surface area contributed by atoms with E-state index < -0.39 is 12.2 Å². The number of nitrogens with zero attached hydrogens (tertiary/aromatic N) is 5. The van der Waals surface area contributed by atoms with Gasteiger partial charge < -0.3 is 10.2 Å². The third kappa shape index (κ3) is 3.24. The molecule has 3 atom stereocenters. The van der Waals surface area contributed by atoms with Crippen molar-refractivity contribution in [1.29, 1.82) is 0 Å². The Morgan fingerprint density at radius 1 is 1.36 bits per heavy atom. The summed E-state index contributed by atoms with van der Waals surface area (Å²) in [7, 11) is 1.73. The van der Waals surface area contributed by atoms with Crippen molar-refractivity contribution in [3.05, 3.63) is 29.7 Å². The molecule has 1 N–H and O–H groups in total. The molecule has 0 radical (unpaired) electrons. The highest BCUT2D eigenvalue weighted by Crippen LogP contribution is 2.42. The molecule has 2 aliphatic rings. The number of aromatic nitrogens is 4. The number of likely N-dealkylation sites (tertiary alicyclic amines) is 1. The van der Waals surface area contributed by atoms with Crippen LogP contribution in [0.5, 0.6) is 0 Å². The van der Waals surface area contributed by atoms with Gasteiger partial charge in [-0.3, -0.25) is 9.48 Å². The van der Waals surface area contributed by atoms with Crippen LogP contribution in [0.2, 0.25) is 0 Å². The summed E-state index contributed by atoms with van der Waals surface area (Å²) in [5.74, 6) is 0.147. The van der Waals surface area contributed by atoms with Gasteiger partial charge in [-0.2, -0.15) is 23.4 Å². The number of halogens is 3. The molecule has 28 heavy (non-hydrogen) atoms. The van der Waals surface area contributed by atoms with Crippen molar-refractivity contribution in [3.63, 3.8) is 0 Å². The third-order valence-corrected chi connectivity index (χ3v) is 5.57. The molecule has 2 aliphatic heterocycles. The predicted octanol–water partition coefficient (Wildman–Crippen LogP) is 3.29. The van der Waals surface area contributed by atoms with Gasteiger partial charge in [-0.25, -0.2) is 4.68 Å². The second-order valence-electron chi connectivity index (χ2n) is 7.47. The number of alkyl halides is 3. The highest BCUT2D eigenvalue weighted by atomic mass is 19.4. The van der Waals surface area contributed by atoms with E-state index in [1.54, 1.807) is 35.0 Å². The first-order valence-electron chi connectivity index (χ1n) is 9.51. The summed E-state index contributed by atoms with van der Waals surface area (Å²) in [6.45, 7) is 2.40. The van der Waals surface area contributed by atoms with Gasteiger partial charge >= 0.3 is 6.18 Å². The van der Waals surface area contributed by atoms with Crippen LogP contribution in [-0.4, -0.2) is 49.1 Å². The van der Waals surface area contributed by atoms with Gasteiger partial charge in [0, 0.05) is 31.9 Å². The molecule has 0 spiro atoms. The Labute approximate surface area is 160 Å². The fraction of sp³-hybridized carbons (Fsp3) is 0.611. The lowest BCUT2D eigenvalue weighted by atomic mass is 10.0. The number of nitrogens with one attached hydrogen (secondary N) is 1. The van der Waals surface area contributed by atoms with Gasteiger partial charge in [0.1, 0.15) is 11.5 Å². The number of rotatable bonds is 3. The van der Waals surface area contributed by atoms with Gasteiger partial charge in [0.2, 0.25) is 0 Å². The molecule has 152 valence electrons. The summed E-state index contributed by atoms with van der Waals surface area (Å²) in [4.78, 5) is 14.5. The molecule has 4 heterocycles. The lowest BCUT2D eigenvalue weighted by Gasteiger charge is -2.32. The SMILES string of the molecule is CC[C@@H]1C[C@H](C(F)(F)F)n2nc([C@H]3CCCN3C(=O)c3ccn(C)n3)cc2N1. The lowest BCUT2D eigenvalue weighted by molar-refractivity contribution is -0.173. The first kappa shape index (κ1) is 18.8. The maximum absolute atomic E-state index is 13.6. The highest BCUT2D eigenvalue weighted by molar-refractivity contribution is 5.92. The van der Waals surface area contributed by atoms with Gasteiger partial charge in [-0.05, 0) is 31.7 Å². The number of hydrogen-bond donors (Lipinski definition) is 1. The molecule has 0 bridgehead atoms. The van der Waals surface area contributed by atoms with Gasteiger partial charge in [0.05, 0.1) is 11.7 Å².